The van der Waals surface area contributed by atoms with Crippen molar-refractivity contribution >= 4 is 17.5 Å². The lowest BCUT2D eigenvalue weighted by Crippen LogP contribution is -2.53. The second-order valence-corrected chi connectivity index (χ2v) is 5.98. The summed E-state index contributed by atoms with van der Waals surface area (Å²) in [5.41, 5.74) is 6.32. The molecular weight excluding hydrogens is 302 g/mol. The Labute approximate surface area is 136 Å². The van der Waals surface area contributed by atoms with Crippen LogP contribution in [0.4, 0.5) is 0 Å². The van der Waals surface area contributed by atoms with Gasteiger partial charge in [-0.2, -0.15) is 5.26 Å². The van der Waals surface area contributed by atoms with Crippen molar-refractivity contribution in [3.05, 3.63) is 28.3 Å². The van der Waals surface area contributed by atoms with E-state index in [2.05, 4.69) is 5.32 Å². The van der Waals surface area contributed by atoms with E-state index >= 15 is 0 Å². The van der Waals surface area contributed by atoms with E-state index in [0.717, 1.165) is 6.42 Å². The molecule has 1 rings (SSSR count). The van der Waals surface area contributed by atoms with Gasteiger partial charge >= 0.3 is 0 Å². The van der Waals surface area contributed by atoms with Crippen LogP contribution in [0.1, 0.15) is 43.1 Å². The van der Waals surface area contributed by atoms with Gasteiger partial charge in [0.15, 0.2) is 0 Å². The minimum Gasteiger partial charge on any atom is -0.496 e. The van der Waals surface area contributed by atoms with Crippen molar-refractivity contribution in [3.8, 4) is 11.8 Å². The molecule has 5 nitrogen and oxygen atoms in total. The lowest BCUT2D eigenvalue weighted by molar-refractivity contribution is 0.0933. The van der Waals surface area contributed by atoms with Crippen LogP contribution in [-0.2, 0) is 0 Å². The number of carbonyl (C=O) groups is 1. The number of ether oxygens (including phenoxy) is 1. The summed E-state index contributed by atoms with van der Waals surface area (Å²) in [6, 6.07) is 4.84. The molecular formula is C16H22ClN3O2. The minimum absolute atomic E-state index is 0.222. The van der Waals surface area contributed by atoms with Crippen LogP contribution in [-0.4, -0.2) is 25.1 Å². The number of hydrogen-bond donors (Lipinski definition) is 2. The average molecular weight is 324 g/mol. The molecule has 0 saturated carbocycles. The van der Waals surface area contributed by atoms with Crippen molar-refractivity contribution < 1.29 is 9.53 Å². The number of methoxy groups -OCH3 is 1. The maximum absolute atomic E-state index is 12.4. The van der Waals surface area contributed by atoms with Crippen LogP contribution in [0.3, 0.4) is 0 Å². The summed E-state index contributed by atoms with van der Waals surface area (Å²) in [4.78, 5) is 12.4. The van der Waals surface area contributed by atoms with Crippen molar-refractivity contribution in [1.82, 2.24) is 5.32 Å². The summed E-state index contributed by atoms with van der Waals surface area (Å²) in [7, 11) is 1.45. The number of hydrogen-bond acceptors (Lipinski definition) is 4. The Morgan fingerprint density at radius 2 is 2.18 bits per heavy atom. The third-order valence-electron chi connectivity index (χ3n) is 4.04. The zero-order chi connectivity index (χ0) is 16.9. The number of rotatable bonds is 6. The van der Waals surface area contributed by atoms with Crippen molar-refractivity contribution in [2.24, 2.45) is 11.7 Å². The first-order valence-corrected chi connectivity index (χ1v) is 7.51. The van der Waals surface area contributed by atoms with E-state index in [4.69, 9.17) is 27.3 Å². The van der Waals surface area contributed by atoms with Gasteiger partial charge in [0.05, 0.1) is 23.3 Å². The van der Waals surface area contributed by atoms with Crippen LogP contribution >= 0.6 is 11.6 Å². The Bertz CT molecular complexity index is 596. The summed E-state index contributed by atoms with van der Waals surface area (Å²) in [6.45, 7) is 6.37. The van der Waals surface area contributed by atoms with Crippen molar-refractivity contribution in [2.45, 2.75) is 32.7 Å². The fraction of sp³-hybridized carbons (Fsp3) is 0.500. The van der Waals surface area contributed by atoms with Crippen LogP contribution in [0.25, 0.3) is 0 Å². The SMILES string of the molecule is CCC(N)(CNC(=O)c1cc(C#N)c(Cl)cc1OC)C(C)C. The van der Waals surface area contributed by atoms with Crippen LogP contribution in [0.2, 0.25) is 5.02 Å². The molecule has 0 bridgehead atoms. The average Bonchev–Trinajstić information content (AvgIpc) is 2.51. The van der Waals surface area contributed by atoms with E-state index in [0.29, 0.717) is 12.3 Å². The summed E-state index contributed by atoms with van der Waals surface area (Å²) >= 11 is 5.94. The molecule has 0 aliphatic rings. The Morgan fingerprint density at radius 3 is 2.64 bits per heavy atom. The number of nitriles is 1. The highest BCUT2D eigenvalue weighted by molar-refractivity contribution is 6.32. The molecule has 1 amide bonds. The highest BCUT2D eigenvalue weighted by atomic mass is 35.5. The molecule has 0 radical (unpaired) electrons. The van der Waals surface area contributed by atoms with Gasteiger partial charge in [0.25, 0.3) is 5.91 Å². The number of benzene rings is 1. The lowest BCUT2D eigenvalue weighted by Gasteiger charge is -2.32. The number of nitrogens with two attached hydrogens (primary N) is 1. The third-order valence-corrected chi connectivity index (χ3v) is 4.35. The predicted molar refractivity (Wildman–Crippen MR) is 87.1 cm³/mol. The number of nitrogens with zero attached hydrogens (tertiary/aromatic N) is 1. The van der Waals surface area contributed by atoms with Crippen LogP contribution < -0.4 is 15.8 Å². The Kier molecular flexibility index (Phi) is 6.21. The Morgan fingerprint density at radius 1 is 1.55 bits per heavy atom. The topological polar surface area (TPSA) is 88.1 Å². The molecule has 0 heterocycles. The monoisotopic (exact) mass is 323 g/mol. The van der Waals surface area contributed by atoms with Gasteiger partial charge in [-0.3, -0.25) is 4.79 Å². The van der Waals surface area contributed by atoms with Gasteiger partial charge in [0.2, 0.25) is 0 Å². The fourth-order valence-electron chi connectivity index (χ4n) is 2.06. The number of amides is 1. The zero-order valence-corrected chi connectivity index (χ0v) is 14.1. The van der Waals surface area contributed by atoms with Gasteiger partial charge in [0, 0.05) is 18.2 Å². The smallest absolute Gasteiger partial charge is 0.255 e. The summed E-state index contributed by atoms with van der Waals surface area (Å²) < 4.78 is 5.17. The first kappa shape index (κ1) is 18.3. The molecule has 0 aliphatic carbocycles. The molecule has 1 atom stereocenters. The van der Waals surface area contributed by atoms with Crippen molar-refractivity contribution in [3.63, 3.8) is 0 Å². The van der Waals surface area contributed by atoms with Crippen LogP contribution in [0, 0.1) is 17.2 Å². The normalized spacial score (nSPS) is 13.4. The van der Waals surface area contributed by atoms with E-state index in [9.17, 15) is 4.79 Å². The molecule has 0 aliphatic heterocycles. The highest BCUT2D eigenvalue weighted by Crippen LogP contribution is 2.27. The zero-order valence-electron chi connectivity index (χ0n) is 13.4. The number of halogens is 1. The lowest BCUT2D eigenvalue weighted by atomic mass is 9.85. The quantitative estimate of drug-likeness (QED) is 0.842. The molecule has 0 aromatic heterocycles. The van der Waals surface area contributed by atoms with Gasteiger partial charge in [0.1, 0.15) is 11.8 Å². The van der Waals surface area contributed by atoms with Gasteiger partial charge in [-0.1, -0.05) is 32.4 Å². The summed E-state index contributed by atoms with van der Waals surface area (Å²) in [5, 5.41) is 12.1. The van der Waals surface area contributed by atoms with Gasteiger partial charge < -0.3 is 15.8 Å². The first-order valence-electron chi connectivity index (χ1n) is 7.13. The molecule has 0 fully saturated rings. The minimum atomic E-state index is -0.479. The number of nitrogens with one attached hydrogen (secondary N) is 1. The largest absolute Gasteiger partial charge is 0.496 e. The van der Waals surface area contributed by atoms with E-state index in [-0.39, 0.29) is 28.0 Å². The molecule has 1 unspecified atom stereocenters. The predicted octanol–water partition coefficient (Wildman–Crippen LogP) is 2.71. The molecule has 1 aromatic rings. The van der Waals surface area contributed by atoms with Crippen LogP contribution in [0.15, 0.2) is 12.1 Å². The van der Waals surface area contributed by atoms with Gasteiger partial charge in [-0.15, -0.1) is 0 Å². The second-order valence-electron chi connectivity index (χ2n) is 5.57. The fourth-order valence-corrected chi connectivity index (χ4v) is 2.26. The third kappa shape index (κ3) is 3.90. The van der Waals surface area contributed by atoms with E-state index in [1.165, 1.54) is 19.2 Å². The molecule has 0 spiro atoms. The molecule has 0 saturated heterocycles. The standard InChI is InChI=1S/C16H22ClN3O2/c1-5-16(19,10(2)3)9-20-15(21)12-6-11(8-18)13(17)7-14(12)22-4/h6-7,10H,5,9,19H2,1-4H3,(H,20,21). The Balaban J connectivity index is 3.01. The van der Waals surface area contributed by atoms with Crippen LogP contribution in [0.5, 0.6) is 5.75 Å². The highest BCUT2D eigenvalue weighted by Gasteiger charge is 2.28. The van der Waals surface area contributed by atoms with Crippen molar-refractivity contribution in [1.29, 1.82) is 5.26 Å². The summed E-state index contributed by atoms with van der Waals surface area (Å²) in [5.74, 6) is 0.207. The summed E-state index contributed by atoms with van der Waals surface area (Å²) in [6.07, 6.45) is 0.742. The maximum atomic E-state index is 12.4. The first-order chi connectivity index (χ1) is 10.3. The van der Waals surface area contributed by atoms with Crippen molar-refractivity contribution in [2.75, 3.05) is 13.7 Å². The molecule has 3 N–H and O–H groups in total. The van der Waals surface area contributed by atoms with E-state index in [1.54, 1.807) is 0 Å². The van der Waals surface area contributed by atoms with E-state index in [1.807, 2.05) is 26.8 Å². The molecule has 1 aromatic carbocycles. The second kappa shape index (κ2) is 7.48. The van der Waals surface area contributed by atoms with E-state index < -0.39 is 5.54 Å². The van der Waals surface area contributed by atoms with Gasteiger partial charge in [-0.05, 0) is 18.4 Å². The molecule has 22 heavy (non-hydrogen) atoms. The Hall–Kier alpha value is -1.77. The molecule has 6 heteroatoms. The maximum Gasteiger partial charge on any atom is 0.255 e. The van der Waals surface area contributed by atoms with Gasteiger partial charge in [-0.25, -0.2) is 0 Å². The molecule has 120 valence electrons. The number of carbonyl (C=O) groups excluding carboxylic acids is 1.